The van der Waals surface area contributed by atoms with E-state index in [0.717, 1.165) is 47.4 Å². The van der Waals surface area contributed by atoms with Crippen LogP contribution in [0.4, 0.5) is 11.4 Å². The quantitative estimate of drug-likeness (QED) is 0.200. The monoisotopic (exact) mass is 526 g/mol. The van der Waals surface area contributed by atoms with Crippen molar-refractivity contribution in [3.05, 3.63) is 119 Å². The highest BCUT2D eigenvalue weighted by Gasteiger charge is 2.17. The summed E-state index contributed by atoms with van der Waals surface area (Å²) in [4.78, 5) is 45.2. The highest BCUT2D eigenvalue weighted by Crippen LogP contribution is 2.33. The van der Waals surface area contributed by atoms with Gasteiger partial charge in [0.15, 0.2) is 0 Å². The van der Waals surface area contributed by atoms with Gasteiger partial charge in [-0.25, -0.2) is 9.59 Å². The largest absolute Gasteiger partial charge is 0.478 e. The Balaban J connectivity index is 1.89. The third-order valence-corrected chi connectivity index (χ3v) is 5.73. The van der Waals surface area contributed by atoms with Crippen LogP contribution < -0.4 is 10.6 Å². The zero-order valence-corrected chi connectivity index (χ0v) is 21.6. The van der Waals surface area contributed by atoms with Gasteiger partial charge < -0.3 is 20.8 Å². The van der Waals surface area contributed by atoms with E-state index in [2.05, 4.69) is 48.7 Å². The predicted octanol–water partition coefficient (Wildman–Crippen LogP) is 5.22. The lowest BCUT2D eigenvalue weighted by Gasteiger charge is -2.20. The van der Waals surface area contributed by atoms with Gasteiger partial charge in [-0.2, -0.15) is 0 Å². The summed E-state index contributed by atoms with van der Waals surface area (Å²) in [6, 6.07) is 23.1. The molecule has 0 heterocycles. The van der Waals surface area contributed by atoms with Gasteiger partial charge in [-0.3, -0.25) is 9.59 Å². The molecule has 0 saturated heterocycles. The Morgan fingerprint density at radius 3 is 1.31 bits per heavy atom. The van der Waals surface area contributed by atoms with Crippen molar-refractivity contribution >= 4 is 35.1 Å². The van der Waals surface area contributed by atoms with Crippen molar-refractivity contribution in [2.45, 2.75) is 26.2 Å². The van der Waals surface area contributed by atoms with Crippen molar-refractivity contribution in [1.29, 1.82) is 0 Å². The summed E-state index contributed by atoms with van der Waals surface area (Å²) in [5.74, 6) is -3.11. The zero-order valence-electron chi connectivity index (χ0n) is 21.6. The topological polar surface area (TPSA) is 133 Å². The number of carboxylic acid groups (broad SMARTS) is 2. The standard InChI is InChI=1S/C31H30N2O6/c1-20(2)19-21-3-5-22(6-4-21)31(23-7-11-25(12-8-23)32-27(34)15-17-29(36)37)24-9-13-26(14-10-24)33-28(35)16-18-30(38)39/h3-18,20,31H,19H2,1-2H3,(H,32,34)(H,33,35)(H,36,37)(H,38,39)/b17-15+,18-16+. The number of hydrogen-bond acceptors (Lipinski definition) is 4. The average Bonchev–Trinajstić information content (AvgIpc) is 2.89. The number of amides is 2. The highest BCUT2D eigenvalue weighted by atomic mass is 16.4. The summed E-state index contributed by atoms with van der Waals surface area (Å²) in [5, 5.41) is 22.7. The Hall–Kier alpha value is -4.98. The van der Waals surface area contributed by atoms with Gasteiger partial charge in [-0.05, 0) is 58.9 Å². The van der Waals surface area contributed by atoms with Crippen LogP contribution in [0.1, 0.15) is 42.0 Å². The Morgan fingerprint density at radius 2 is 0.974 bits per heavy atom. The van der Waals surface area contributed by atoms with Crippen LogP contribution in [0.15, 0.2) is 97.1 Å². The molecule has 8 nitrogen and oxygen atoms in total. The highest BCUT2D eigenvalue weighted by molar-refractivity contribution is 6.03. The number of hydrogen-bond donors (Lipinski definition) is 4. The first-order valence-corrected chi connectivity index (χ1v) is 12.3. The van der Waals surface area contributed by atoms with E-state index >= 15 is 0 Å². The third kappa shape index (κ3) is 9.12. The van der Waals surface area contributed by atoms with Crippen LogP contribution in [0.5, 0.6) is 0 Å². The molecule has 3 rings (SSSR count). The summed E-state index contributed by atoms with van der Waals surface area (Å²) in [6.07, 6.45) is 4.43. The molecule has 3 aromatic rings. The fourth-order valence-corrected chi connectivity index (χ4v) is 4.07. The van der Waals surface area contributed by atoms with Gasteiger partial charge in [0, 0.05) is 41.6 Å². The number of anilines is 2. The van der Waals surface area contributed by atoms with Gasteiger partial charge >= 0.3 is 11.9 Å². The molecule has 39 heavy (non-hydrogen) atoms. The van der Waals surface area contributed by atoms with Crippen LogP contribution in [0, 0.1) is 5.92 Å². The van der Waals surface area contributed by atoms with E-state index in [1.165, 1.54) is 5.56 Å². The molecule has 0 aliphatic carbocycles. The molecule has 8 heteroatoms. The average molecular weight is 527 g/mol. The van der Waals surface area contributed by atoms with Crippen molar-refractivity contribution in [1.82, 2.24) is 0 Å². The number of carbonyl (C=O) groups is 4. The van der Waals surface area contributed by atoms with E-state index in [0.29, 0.717) is 17.3 Å². The Labute approximate surface area is 226 Å². The number of benzene rings is 3. The second-order valence-corrected chi connectivity index (χ2v) is 9.34. The Kier molecular flexibility index (Phi) is 9.92. The molecule has 0 fully saturated rings. The minimum atomic E-state index is -1.20. The number of aliphatic carboxylic acids is 2. The first-order valence-electron chi connectivity index (χ1n) is 12.3. The number of nitrogens with one attached hydrogen (secondary N) is 2. The van der Waals surface area contributed by atoms with E-state index < -0.39 is 23.8 Å². The zero-order chi connectivity index (χ0) is 28.4. The maximum absolute atomic E-state index is 11.9. The first-order chi connectivity index (χ1) is 18.6. The summed E-state index contributed by atoms with van der Waals surface area (Å²) in [5.41, 5.74) is 5.28. The van der Waals surface area contributed by atoms with E-state index in [-0.39, 0.29) is 5.92 Å². The van der Waals surface area contributed by atoms with Crippen LogP contribution in [-0.4, -0.2) is 34.0 Å². The maximum atomic E-state index is 11.9. The number of carboxylic acids is 2. The summed E-state index contributed by atoms with van der Waals surface area (Å²) < 4.78 is 0. The van der Waals surface area contributed by atoms with Gasteiger partial charge in [0.1, 0.15) is 0 Å². The van der Waals surface area contributed by atoms with E-state index in [4.69, 9.17) is 10.2 Å². The Bertz CT molecular complexity index is 1290. The Morgan fingerprint density at radius 1 is 0.615 bits per heavy atom. The predicted molar refractivity (Wildman–Crippen MR) is 150 cm³/mol. The lowest BCUT2D eigenvalue weighted by Crippen LogP contribution is -2.10. The van der Waals surface area contributed by atoms with Gasteiger partial charge in [0.25, 0.3) is 0 Å². The molecule has 0 unspecified atom stereocenters. The summed E-state index contributed by atoms with van der Waals surface area (Å²) >= 11 is 0. The third-order valence-electron chi connectivity index (χ3n) is 5.73. The van der Waals surface area contributed by atoms with Gasteiger partial charge in [-0.15, -0.1) is 0 Å². The minimum Gasteiger partial charge on any atom is -0.478 e. The summed E-state index contributed by atoms with van der Waals surface area (Å²) in [6.45, 7) is 4.35. The van der Waals surface area contributed by atoms with Crippen LogP contribution >= 0.6 is 0 Å². The normalized spacial score (nSPS) is 11.3. The number of carbonyl (C=O) groups excluding carboxylic acids is 2. The molecule has 0 radical (unpaired) electrons. The number of rotatable bonds is 11. The van der Waals surface area contributed by atoms with E-state index in [9.17, 15) is 19.2 Å². The fourth-order valence-electron chi connectivity index (χ4n) is 4.07. The molecule has 0 bridgehead atoms. The molecule has 2 amide bonds. The summed E-state index contributed by atoms with van der Waals surface area (Å²) in [7, 11) is 0. The van der Waals surface area contributed by atoms with Crippen molar-refractivity contribution < 1.29 is 29.4 Å². The molecule has 4 N–H and O–H groups in total. The fraction of sp³-hybridized carbons (Fsp3) is 0.161. The maximum Gasteiger partial charge on any atom is 0.328 e. The molecular weight excluding hydrogens is 496 g/mol. The molecular formula is C31H30N2O6. The lowest BCUT2D eigenvalue weighted by molar-refractivity contribution is -0.132. The van der Waals surface area contributed by atoms with E-state index in [1.54, 1.807) is 24.3 Å². The molecule has 0 spiro atoms. The molecule has 0 aromatic heterocycles. The van der Waals surface area contributed by atoms with Gasteiger partial charge in [0.05, 0.1) is 0 Å². The van der Waals surface area contributed by atoms with Crippen LogP contribution in [0.3, 0.4) is 0 Å². The SMILES string of the molecule is CC(C)Cc1ccc(C(c2ccc(NC(=O)/C=C/C(=O)O)cc2)c2ccc(NC(=O)/C=C/C(=O)O)cc2)cc1. The smallest absolute Gasteiger partial charge is 0.328 e. The molecule has 200 valence electrons. The molecule has 0 aliphatic heterocycles. The van der Waals surface area contributed by atoms with Crippen molar-refractivity contribution in [3.63, 3.8) is 0 Å². The minimum absolute atomic E-state index is 0.147. The molecule has 0 saturated carbocycles. The second-order valence-electron chi connectivity index (χ2n) is 9.34. The molecule has 0 aliphatic rings. The van der Waals surface area contributed by atoms with Gasteiger partial charge in [0.2, 0.25) is 11.8 Å². The van der Waals surface area contributed by atoms with Crippen LogP contribution in [-0.2, 0) is 25.6 Å². The second kappa shape index (κ2) is 13.5. The van der Waals surface area contributed by atoms with Crippen LogP contribution in [0.2, 0.25) is 0 Å². The van der Waals surface area contributed by atoms with Crippen molar-refractivity contribution in [3.8, 4) is 0 Å². The molecule has 0 atom stereocenters. The molecule has 3 aromatic carbocycles. The van der Waals surface area contributed by atoms with E-state index in [1.807, 2.05) is 24.3 Å². The lowest BCUT2D eigenvalue weighted by atomic mass is 9.84. The van der Waals surface area contributed by atoms with Crippen molar-refractivity contribution in [2.24, 2.45) is 5.92 Å². The van der Waals surface area contributed by atoms with Crippen molar-refractivity contribution in [2.75, 3.05) is 10.6 Å². The van der Waals surface area contributed by atoms with Crippen LogP contribution in [0.25, 0.3) is 0 Å². The first kappa shape index (κ1) is 28.6. The van der Waals surface area contributed by atoms with Gasteiger partial charge in [-0.1, -0.05) is 62.4 Å².